The van der Waals surface area contributed by atoms with Crippen LogP contribution in [0, 0.1) is 5.92 Å². The summed E-state index contributed by atoms with van der Waals surface area (Å²) in [5.41, 5.74) is 1.12. The molecule has 2 aromatic rings. The van der Waals surface area contributed by atoms with E-state index in [1.807, 2.05) is 24.3 Å². The van der Waals surface area contributed by atoms with E-state index >= 15 is 0 Å². The largest absolute Gasteiger partial charge is 0.495 e. The number of methoxy groups -OCH3 is 1. The van der Waals surface area contributed by atoms with Gasteiger partial charge in [-0.05, 0) is 25.5 Å². The molecule has 2 bridgehead atoms. The van der Waals surface area contributed by atoms with Gasteiger partial charge in [-0.3, -0.25) is 9.59 Å². The molecule has 3 atom stereocenters. The zero-order valence-corrected chi connectivity index (χ0v) is 17.0. The lowest BCUT2D eigenvalue weighted by Crippen LogP contribution is -2.59. The Labute approximate surface area is 172 Å². The molecule has 2 saturated heterocycles. The van der Waals surface area contributed by atoms with Gasteiger partial charge in [0.1, 0.15) is 17.6 Å². The van der Waals surface area contributed by atoms with Gasteiger partial charge >= 0.3 is 5.69 Å². The predicted octanol–water partition coefficient (Wildman–Crippen LogP) is 0.725. The number of carbonyl (C=O) groups is 1. The van der Waals surface area contributed by atoms with Crippen LogP contribution in [0.1, 0.15) is 36.8 Å². The van der Waals surface area contributed by atoms with Crippen molar-refractivity contribution in [1.82, 2.24) is 9.66 Å². The number of piperazine rings is 1. The van der Waals surface area contributed by atoms with Crippen LogP contribution in [-0.4, -0.2) is 48.7 Å². The van der Waals surface area contributed by atoms with Crippen molar-refractivity contribution >= 4 is 11.5 Å². The highest BCUT2D eigenvalue weighted by atomic mass is 16.5. The lowest BCUT2D eigenvalue weighted by atomic mass is 9.85. The van der Waals surface area contributed by atoms with Crippen LogP contribution in [0.2, 0.25) is 0 Å². The molecule has 0 unspecified atom stereocenters. The molecule has 158 valence electrons. The summed E-state index contributed by atoms with van der Waals surface area (Å²) in [6.07, 6.45) is -0.423. The van der Waals surface area contributed by atoms with Gasteiger partial charge < -0.3 is 24.4 Å². The number of rotatable bonds is 4. The first-order chi connectivity index (χ1) is 14.5. The van der Waals surface area contributed by atoms with E-state index in [0.29, 0.717) is 43.9 Å². The third kappa shape index (κ3) is 2.76. The second kappa shape index (κ2) is 7.02. The van der Waals surface area contributed by atoms with Gasteiger partial charge in [0.25, 0.3) is 5.56 Å². The second-order valence-corrected chi connectivity index (χ2v) is 7.99. The monoisotopic (exact) mass is 412 g/mol. The Hall–Kier alpha value is -3.07. The molecule has 0 radical (unpaired) electrons. The maximum Gasteiger partial charge on any atom is 0.347 e. The molecular weight excluding hydrogens is 388 g/mol. The molecule has 9 nitrogen and oxygen atoms in total. The number of fused-ring (bicyclic) bond motifs is 5. The summed E-state index contributed by atoms with van der Waals surface area (Å²) in [5, 5.41) is 1.77. The van der Waals surface area contributed by atoms with Gasteiger partial charge in [0.2, 0.25) is 0 Å². The van der Waals surface area contributed by atoms with Crippen molar-refractivity contribution in [2.24, 2.45) is 5.92 Å². The highest BCUT2D eigenvalue weighted by Crippen LogP contribution is 2.51. The molecule has 1 N–H and O–H groups in total. The molecule has 30 heavy (non-hydrogen) atoms. The van der Waals surface area contributed by atoms with Gasteiger partial charge in [0.15, 0.2) is 0 Å². The Morgan fingerprint density at radius 2 is 1.90 bits per heavy atom. The Bertz CT molecular complexity index is 1120. The molecule has 5 rings (SSSR count). The van der Waals surface area contributed by atoms with Gasteiger partial charge in [-0.1, -0.05) is 12.1 Å². The van der Waals surface area contributed by atoms with E-state index in [1.54, 1.807) is 12.1 Å². The average molecular weight is 412 g/mol. The van der Waals surface area contributed by atoms with Crippen LogP contribution < -0.4 is 25.9 Å². The Morgan fingerprint density at radius 3 is 2.60 bits per heavy atom. The molecule has 2 fully saturated rings. The normalized spacial score (nSPS) is 24.8. The SMILES string of the molecule is COc1ccccc1N1CCN(n2c(=O)[nH]c3c(c2=O)[C@@H]2O[C@H]3C[C@@H]2C(C)=O)CC1. The molecule has 0 spiro atoms. The average Bonchev–Trinajstić information content (AvgIpc) is 3.33. The number of hydrogen-bond acceptors (Lipinski definition) is 7. The highest BCUT2D eigenvalue weighted by Gasteiger charge is 2.50. The lowest BCUT2D eigenvalue weighted by Gasteiger charge is -2.37. The number of hydrogen-bond donors (Lipinski definition) is 1. The van der Waals surface area contributed by atoms with Gasteiger partial charge in [0, 0.05) is 13.1 Å². The lowest BCUT2D eigenvalue weighted by molar-refractivity contribution is -0.122. The van der Waals surface area contributed by atoms with Crippen LogP contribution >= 0.6 is 0 Å². The fourth-order valence-electron chi connectivity index (χ4n) is 4.89. The number of nitrogens with zero attached hydrogens (tertiary/aromatic N) is 3. The number of anilines is 1. The molecule has 1 aromatic carbocycles. The van der Waals surface area contributed by atoms with Crippen LogP contribution in [0.15, 0.2) is 33.9 Å². The molecule has 9 heteroatoms. The Kier molecular flexibility index (Phi) is 4.43. The van der Waals surface area contributed by atoms with Gasteiger partial charge in [0.05, 0.1) is 49.2 Å². The van der Waals surface area contributed by atoms with E-state index in [0.717, 1.165) is 11.4 Å². The van der Waals surface area contributed by atoms with E-state index < -0.39 is 11.8 Å². The van der Waals surface area contributed by atoms with Crippen molar-refractivity contribution in [3.8, 4) is 5.75 Å². The van der Waals surface area contributed by atoms with Crippen molar-refractivity contribution in [2.75, 3.05) is 43.2 Å². The number of ketones is 1. The zero-order chi connectivity index (χ0) is 21.0. The van der Waals surface area contributed by atoms with Crippen molar-refractivity contribution in [1.29, 1.82) is 0 Å². The number of para-hydroxylation sites is 2. The summed E-state index contributed by atoms with van der Waals surface area (Å²) in [7, 11) is 1.64. The molecular formula is C21H24N4O5. The number of benzene rings is 1. The van der Waals surface area contributed by atoms with E-state index in [9.17, 15) is 14.4 Å². The first-order valence-corrected chi connectivity index (χ1v) is 10.2. The second-order valence-electron chi connectivity index (χ2n) is 7.99. The fourth-order valence-corrected chi connectivity index (χ4v) is 4.89. The van der Waals surface area contributed by atoms with Gasteiger partial charge in [-0.15, -0.1) is 0 Å². The minimum Gasteiger partial charge on any atom is -0.495 e. The van der Waals surface area contributed by atoms with Crippen LogP contribution in [-0.2, 0) is 9.53 Å². The summed E-state index contributed by atoms with van der Waals surface area (Å²) >= 11 is 0. The van der Waals surface area contributed by atoms with Crippen LogP contribution in [0.4, 0.5) is 5.69 Å². The van der Waals surface area contributed by atoms with Crippen molar-refractivity contribution < 1.29 is 14.3 Å². The number of aromatic nitrogens is 2. The zero-order valence-electron chi connectivity index (χ0n) is 17.0. The number of Topliss-reactive ketones (excluding diaryl/α,β-unsaturated/α-hetero) is 1. The van der Waals surface area contributed by atoms with E-state index in [2.05, 4.69) is 9.88 Å². The first kappa shape index (κ1) is 18.9. The summed E-state index contributed by atoms with van der Waals surface area (Å²) in [6, 6.07) is 7.80. The number of H-pyrrole nitrogens is 1. The molecule has 1 aromatic heterocycles. The standard InChI is InChI=1S/C21H24N4O5/c1-12(26)13-11-16-18-17(19(13)30-16)20(27)25(21(28)22-18)24-9-7-23(8-10-24)14-5-3-4-6-15(14)29-2/h3-6,13,16,19H,7-11H2,1-2H3,(H,22,28)/t13-,16+,19-/m1/s1. The molecule has 3 aliphatic heterocycles. The van der Waals surface area contributed by atoms with E-state index in [4.69, 9.17) is 9.47 Å². The molecule has 0 aliphatic carbocycles. The van der Waals surface area contributed by atoms with Gasteiger partial charge in [-0.25, -0.2) is 4.79 Å². The summed E-state index contributed by atoms with van der Waals surface area (Å²) < 4.78 is 12.5. The summed E-state index contributed by atoms with van der Waals surface area (Å²) in [5.74, 6) is 0.481. The van der Waals surface area contributed by atoms with Crippen LogP contribution in [0.25, 0.3) is 0 Å². The van der Waals surface area contributed by atoms with Crippen LogP contribution in [0.5, 0.6) is 5.75 Å². The minimum atomic E-state index is -0.562. The van der Waals surface area contributed by atoms with E-state index in [-0.39, 0.29) is 23.4 Å². The smallest absolute Gasteiger partial charge is 0.347 e. The minimum absolute atomic E-state index is 0.00993. The number of aromatic amines is 1. The van der Waals surface area contributed by atoms with Crippen LogP contribution in [0.3, 0.4) is 0 Å². The molecule has 3 aliphatic rings. The summed E-state index contributed by atoms with van der Waals surface area (Å²) in [4.78, 5) is 43.0. The number of carbonyl (C=O) groups excluding carboxylic acids is 1. The van der Waals surface area contributed by atoms with Crippen molar-refractivity contribution in [3.63, 3.8) is 0 Å². The first-order valence-electron chi connectivity index (χ1n) is 10.2. The molecule has 4 heterocycles. The summed E-state index contributed by atoms with van der Waals surface area (Å²) in [6.45, 7) is 3.81. The Balaban J connectivity index is 1.43. The third-order valence-electron chi connectivity index (χ3n) is 6.38. The molecule has 0 saturated carbocycles. The van der Waals surface area contributed by atoms with Crippen molar-refractivity contribution in [3.05, 3.63) is 56.4 Å². The van der Waals surface area contributed by atoms with E-state index in [1.165, 1.54) is 11.6 Å². The van der Waals surface area contributed by atoms with Crippen molar-refractivity contribution in [2.45, 2.75) is 25.6 Å². The quantitative estimate of drug-likeness (QED) is 0.791. The number of ether oxygens (including phenoxy) is 2. The van der Waals surface area contributed by atoms with Gasteiger partial charge in [-0.2, -0.15) is 4.68 Å². The fraction of sp³-hybridized carbons (Fsp3) is 0.476. The maximum atomic E-state index is 13.3. The highest BCUT2D eigenvalue weighted by molar-refractivity contribution is 5.80. The third-order valence-corrected chi connectivity index (χ3v) is 6.38. The number of nitrogens with one attached hydrogen (secondary N) is 1. The molecule has 0 amide bonds. The Morgan fingerprint density at radius 1 is 1.17 bits per heavy atom. The topological polar surface area (TPSA) is 96.9 Å². The predicted molar refractivity (Wildman–Crippen MR) is 110 cm³/mol. The maximum absolute atomic E-state index is 13.3.